The number of rotatable bonds is 16. The Bertz CT molecular complexity index is 521. The van der Waals surface area contributed by atoms with Crippen LogP contribution in [-0.4, -0.2) is 48.8 Å². The van der Waals surface area contributed by atoms with E-state index in [1.807, 2.05) is 0 Å². The van der Waals surface area contributed by atoms with Gasteiger partial charge in [0.1, 0.15) is 5.51 Å². The van der Waals surface area contributed by atoms with Crippen LogP contribution in [0.2, 0.25) is 0 Å². The van der Waals surface area contributed by atoms with E-state index in [2.05, 4.69) is 17.1 Å². The van der Waals surface area contributed by atoms with Crippen molar-refractivity contribution >= 4 is 21.2 Å². The molecule has 8 heteroatoms. The molecule has 1 aromatic heterocycles. The summed E-state index contributed by atoms with van der Waals surface area (Å²) < 4.78 is 29.2. The molecular weight excluding hydrogens is 360 g/mol. The zero-order chi connectivity index (χ0) is 18.4. The van der Waals surface area contributed by atoms with Crippen LogP contribution in [0.25, 0.3) is 0 Å². The van der Waals surface area contributed by atoms with E-state index in [9.17, 15) is 13.5 Å². The first-order valence-corrected chi connectivity index (χ1v) is 11.8. The Morgan fingerprint density at radius 2 is 1.68 bits per heavy atom. The van der Waals surface area contributed by atoms with Crippen LogP contribution in [0.3, 0.4) is 0 Å². The molecule has 0 spiro atoms. The van der Waals surface area contributed by atoms with Gasteiger partial charge in [-0.1, -0.05) is 76.0 Å². The molecule has 1 atom stereocenters. The van der Waals surface area contributed by atoms with E-state index >= 15 is 0 Å². The van der Waals surface area contributed by atoms with Crippen LogP contribution in [0.5, 0.6) is 0 Å². The molecule has 0 radical (unpaired) electrons. The largest absolute Gasteiger partial charge is 0.390 e. The predicted octanol–water partition coefficient (Wildman–Crippen LogP) is 3.61. The lowest BCUT2D eigenvalue weighted by atomic mass is 10.1. The molecule has 0 aliphatic rings. The van der Waals surface area contributed by atoms with E-state index in [1.165, 1.54) is 56.9 Å². The summed E-state index contributed by atoms with van der Waals surface area (Å²) >= 11 is 0.956. The Labute approximate surface area is 155 Å². The molecule has 25 heavy (non-hydrogen) atoms. The van der Waals surface area contributed by atoms with Crippen LogP contribution in [0, 0.1) is 0 Å². The van der Waals surface area contributed by atoms with Crippen molar-refractivity contribution in [2.24, 2.45) is 0 Å². The minimum Gasteiger partial charge on any atom is -0.390 e. The maximum Gasteiger partial charge on any atom is 0.232 e. The van der Waals surface area contributed by atoms with Gasteiger partial charge in [-0.3, -0.25) is 0 Å². The second-order valence-corrected chi connectivity index (χ2v) is 9.44. The molecule has 0 bridgehead atoms. The van der Waals surface area contributed by atoms with Gasteiger partial charge in [-0.05, 0) is 6.42 Å². The Hall–Kier alpha value is -0.570. The number of aromatic nitrogens is 2. The average Bonchev–Trinajstić information content (AvgIpc) is 3.11. The first-order chi connectivity index (χ1) is 12.1. The highest BCUT2D eigenvalue weighted by Crippen LogP contribution is 2.13. The zero-order valence-electron chi connectivity index (χ0n) is 15.2. The van der Waals surface area contributed by atoms with E-state index in [-0.39, 0.29) is 16.7 Å². The Morgan fingerprint density at radius 1 is 1.08 bits per heavy atom. The first-order valence-electron chi connectivity index (χ1n) is 9.31. The Kier molecular flexibility index (Phi) is 12.2. The third-order valence-corrected chi connectivity index (χ3v) is 6.94. The predicted molar refractivity (Wildman–Crippen MR) is 101 cm³/mol. The highest BCUT2D eigenvalue weighted by atomic mass is 32.2. The lowest BCUT2D eigenvalue weighted by molar-refractivity contribution is 0.0459. The van der Waals surface area contributed by atoms with Crippen molar-refractivity contribution < 1.29 is 18.3 Å². The number of ether oxygens (including phenoxy) is 1. The lowest BCUT2D eigenvalue weighted by Crippen LogP contribution is -2.26. The molecule has 1 aromatic rings. The zero-order valence-corrected chi connectivity index (χ0v) is 16.9. The number of sulfone groups is 1. The van der Waals surface area contributed by atoms with Crippen molar-refractivity contribution in [1.29, 1.82) is 0 Å². The summed E-state index contributed by atoms with van der Waals surface area (Å²) in [7, 11) is -3.57. The molecule has 0 amide bonds. The van der Waals surface area contributed by atoms with E-state index in [0.717, 1.165) is 24.2 Å². The third-order valence-electron chi connectivity index (χ3n) is 3.97. The van der Waals surface area contributed by atoms with Gasteiger partial charge in [0.15, 0.2) is 0 Å². The summed E-state index contributed by atoms with van der Waals surface area (Å²) in [6.07, 6.45) is 11.5. The van der Waals surface area contributed by atoms with Crippen molar-refractivity contribution in [1.82, 2.24) is 10.2 Å². The first kappa shape index (κ1) is 22.5. The van der Waals surface area contributed by atoms with Gasteiger partial charge in [0.05, 0.1) is 18.5 Å². The topological polar surface area (TPSA) is 89.4 Å². The second kappa shape index (κ2) is 13.6. The fourth-order valence-electron chi connectivity index (χ4n) is 2.58. The highest BCUT2D eigenvalue weighted by molar-refractivity contribution is 7.93. The minimum atomic E-state index is -3.57. The average molecular weight is 393 g/mol. The summed E-state index contributed by atoms with van der Waals surface area (Å²) in [6, 6.07) is 0. The fourth-order valence-corrected chi connectivity index (χ4v) is 4.70. The lowest BCUT2D eigenvalue weighted by Gasteiger charge is -2.10. The Morgan fingerprint density at radius 3 is 2.24 bits per heavy atom. The normalized spacial score (nSPS) is 13.2. The Balaban J connectivity index is 1.94. The summed E-state index contributed by atoms with van der Waals surface area (Å²) in [4.78, 5) is 0. The summed E-state index contributed by atoms with van der Waals surface area (Å²) in [5.74, 6) is -0.375. The second-order valence-electron chi connectivity index (χ2n) is 6.40. The maximum atomic E-state index is 11.9. The summed E-state index contributed by atoms with van der Waals surface area (Å²) in [5, 5.41) is 16.8. The van der Waals surface area contributed by atoms with E-state index in [0.29, 0.717) is 6.61 Å². The number of aliphatic hydroxyl groups excluding tert-OH is 1. The van der Waals surface area contributed by atoms with Crippen LogP contribution in [0.4, 0.5) is 0 Å². The van der Waals surface area contributed by atoms with Gasteiger partial charge in [0, 0.05) is 6.61 Å². The molecule has 146 valence electrons. The molecule has 0 aliphatic carbocycles. The van der Waals surface area contributed by atoms with Crippen LogP contribution >= 0.6 is 11.3 Å². The van der Waals surface area contributed by atoms with Gasteiger partial charge < -0.3 is 9.84 Å². The quantitative estimate of drug-likeness (QED) is 0.432. The van der Waals surface area contributed by atoms with Crippen molar-refractivity contribution in [2.75, 3.05) is 19.0 Å². The van der Waals surface area contributed by atoms with Crippen molar-refractivity contribution in [3.63, 3.8) is 0 Å². The molecule has 1 rings (SSSR count). The molecule has 0 fully saturated rings. The molecule has 0 saturated carbocycles. The number of hydrogen-bond acceptors (Lipinski definition) is 7. The van der Waals surface area contributed by atoms with Gasteiger partial charge in [-0.15, -0.1) is 10.2 Å². The fraction of sp³-hybridized carbons (Fsp3) is 0.882. The minimum absolute atomic E-state index is 0.0372. The molecule has 1 N–H and O–H groups in total. The SMILES string of the molecule is CCCCCCCCCCCCOCC(O)CS(=O)(=O)c1nncs1. The van der Waals surface area contributed by atoms with Gasteiger partial charge in [0.25, 0.3) is 0 Å². The monoisotopic (exact) mass is 392 g/mol. The van der Waals surface area contributed by atoms with Crippen LogP contribution < -0.4 is 0 Å². The van der Waals surface area contributed by atoms with Crippen molar-refractivity contribution in [3.05, 3.63) is 5.51 Å². The smallest absolute Gasteiger partial charge is 0.232 e. The van der Waals surface area contributed by atoms with Crippen LogP contribution in [-0.2, 0) is 14.6 Å². The van der Waals surface area contributed by atoms with Crippen molar-refractivity contribution in [3.8, 4) is 0 Å². The summed E-state index contributed by atoms with van der Waals surface area (Å²) in [5.41, 5.74) is 1.36. The molecule has 0 aromatic carbocycles. The maximum absolute atomic E-state index is 11.9. The number of unbranched alkanes of at least 4 members (excludes halogenated alkanes) is 9. The van der Waals surface area contributed by atoms with Gasteiger partial charge >= 0.3 is 0 Å². The van der Waals surface area contributed by atoms with E-state index in [1.54, 1.807) is 0 Å². The molecule has 1 unspecified atom stereocenters. The molecule has 0 aliphatic heterocycles. The molecule has 1 heterocycles. The van der Waals surface area contributed by atoms with Gasteiger partial charge in [-0.2, -0.15) is 0 Å². The summed E-state index contributed by atoms with van der Waals surface area (Å²) in [6.45, 7) is 2.83. The van der Waals surface area contributed by atoms with Gasteiger partial charge in [0.2, 0.25) is 14.2 Å². The van der Waals surface area contributed by atoms with Crippen LogP contribution in [0.1, 0.15) is 71.1 Å². The highest BCUT2D eigenvalue weighted by Gasteiger charge is 2.22. The van der Waals surface area contributed by atoms with Crippen LogP contribution in [0.15, 0.2) is 9.85 Å². The number of aliphatic hydroxyl groups is 1. The third kappa shape index (κ3) is 10.9. The molecule has 6 nitrogen and oxygen atoms in total. The molecule has 0 saturated heterocycles. The van der Waals surface area contributed by atoms with E-state index < -0.39 is 15.9 Å². The molecular formula is C17H32N2O4S2. The standard InChI is InChI=1S/C17H32N2O4S2/c1-2-3-4-5-6-7-8-9-10-11-12-23-13-16(20)14-25(21,22)17-19-18-15-24-17/h15-16,20H,2-14H2,1H3. The van der Waals surface area contributed by atoms with E-state index in [4.69, 9.17) is 4.74 Å². The number of hydrogen-bond donors (Lipinski definition) is 1. The number of nitrogens with zero attached hydrogens (tertiary/aromatic N) is 2. The van der Waals surface area contributed by atoms with Crippen molar-refractivity contribution in [2.45, 2.75) is 81.6 Å². The van der Waals surface area contributed by atoms with Gasteiger partial charge in [-0.25, -0.2) is 8.42 Å².